The summed E-state index contributed by atoms with van der Waals surface area (Å²) in [7, 11) is 4.62. The quantitative estimate of drug-likeness (QED) is 0.137. The molecule has 4 aromatic carbocycles. The van der Waals surface area contributed by atoms with Crippen LogP contribution in [0.3, 0.4) is 0 Å². The van der Waals surface area contributed by atoms with Gasteiger partial charge in [0, 0.05) is 79.9 Å². The van der Waals surface area contributed by atoms with Crippen LogP contribution in [0.4, 0.5) is 0 Å². The van der Waals surface area contributed by atoms with Crippen molar-refractivity contribution in [2.45, 2.75) is 89.1 Å². The van der Waals surface area contributed by atoms with Gasteiger partial charge in [0.15, 0.2) is 0 Å². The molecule has 17 heteroatoms. The van der Waals surface area contributed by atoms with Gasteiger partial charge in [0.05, 0.1) is 19.1 Å². The SMILES string of the molecule is COC[C@@H]1NC(=O)[C@H](C)N(Cc2ccc(Cl)cc2Oc2cccc(C(=O)NC3CCNCC3)c2)C(=O)C[C@@H](Cc2ccccc2)C(=O)N(C)[C@@H](C)CNC(=O)C[C@H](Cc2ccc(Cl)cc2)N(C)C1=O. The van der Waals surface area contributed by atoms with Crippen LogP contribution in [0.1, 0.15) is 66.6 Å². The Hall–Kier alpha value is -6.00. The lowest BCUT2D eigenvalue weighted by molar-refractivity contribution is -0.147. The Morgan fingerprint density at radius 2 is 1.48 bits per heavy atom. The van der Waals surface area contributed by atoms with E-state index in [1.54, 1.807) is 75.6 Å². The summed E-state index contributed by atoms with van der Waals surface area (Å²) < 4.78 is 11.9. The zero-order valence-corrected chi connectivity index (χ0v) is 41.4. The van der Waals surface area contributed by atoms with Gasteiger partial charge in [0.25, 0.3) is 5.91 Å². The number of nitrogens with zero attached hydrogens (tertiary/aromatic N) is 3. The molecule has 2 aliphatic rings. The van der Waals surface area contributed by atoms with Crippen molar-refractivity contribution >= 4 is 58.6 Å². The van der Waals surface area contributed by atoms with Crippen molar-refractivity contribution in [2.75, 3.05) is 47.4 Å². The number of carbonyl (C=O) groups excluding carboxylic acids is 6. The summed E-state index contributed by atoms with van der Waals surface area (Å²) in [6.07, 6.45) is 1.77. The highest BCUT2D eigenvalue weighted by atomic mass is 35.5. The predicted octanol–water partition coefficient (Wildman–Crippen LogP) is 5.80. The van der Waals surface area contributed by atoms with Gasteiger partial charge in [0.2, 0.25) is 29.5 Å². The number of carbonyl (C=O) groups is 6. The molecule has 0 aliphatic carbocycles. The molecule has 5 atom stereocenters. The number of rotatable bonds is 12. The van der Waals surface area contributed by atoms with Crippen molar-refractivity contribution in [2.24, 2.45) is 5.92 Å². The fourth-order valence-electron chi connectivity index (χ4n) is 8.54. The number of methoxy groups -OCH3 is 1. The molecule has 368 valence electrons. The third-order valence-electron chi connectivity index (χ3n) is 12.9. The van der Waals surface area contributed by atoms with E-state index in [-0.39, 0.29) is 74.9 Å². The molecule has 0 saturated carbocycles. The van der Waals surface area contributed by atoms with Crippen LogP contribution in [0.2, 0.25) is 10.0 Å². The first-order chi connectivity index (χ1) is 33.1. The molecule has 69 heavy (non-hydrogen) atoms. The van der Waals surface area contributed by atoms with Crippen molar-refractivity contribution in [1.82, 2.24) is 36.0 Å². The number of benzene rings is 4. The number of halogens is 2. The van der Waals surface area contributed by atoms with E-state index in [1.165, 1.54) is 21.8 Å². The highest BCUT2D eigenvalue weighted by Crippen LogP contribution is 2.32. The van der Waals surface area contributed by atoms with Gasteiger partial charge in [-0.2, -0.15) is 0 Å². The Bertz CT molecular complexity index is 2420. The van der Waals surface area contributed by atoms with Crippen LogP contribution in [-0.2, 0) is 48.1 Å². The van der Waals surface area contributed by atoms with Crippen molar-refractivity contribution in [3.63, 3.8) is 0 Å². The molecular formula is C52H63Cl2N7O8. The van der Waals surface area contributed by atoms with Gasteiger partial charge in [-0.15, -0.1) is 0 Å². The summed E-state index contributed by atoms with van der Waals surface area (Å²) >= 11 is 12.7. The number of nitrogens with one attached hydrogen (secondary N) is 4. The second-order valence-corrected chi connectivity index (χ2v) is 18.8. The molecule has 0 spiro atoms. The van der Waals surface area contributed by atoms with E-state index in [9.17, 15) is 24.0 Å². The van der Waals surface area contributed by atoms with E-state index >= 15 is 4.79 Å². The van der Waals surface area contributed by atoms with Crippen molar-refractivity contribution in [1.29, 1.82) is 0 Å². The molecule has 0 unspecified atom stereocenters. The third-order valence-corrected chi connectivity index (χ3v) is 13.4. The highest BCUT2D eigenvalue weighted by Gasteiger charge is 2.36. The van der Waals surface area contributed by atoms with Crippen LogP contribution in [0.25, 0.3) is 0 Å². The Kier molecular flexibility index (Phi) is 19.0. The van der Waals surface area contributed by atoms with E-state index in [2.05, 4.69) is 21.3 Å². The minimum Gasteiger partial charge on any atom is -0.457 e. The van der Waals surface area contributed by atoms with Crippen LogP contribution in [0.5, 0.6) is 11.5 Å². The first-order valence-corrected chi connectivity index (χ1v) is 24.1. The average Bonchev–Trinajstić information content (AvgIpc) is 3.34. The molecule has 15 nitrogen and oxygen atoms in total. The van der Waals surface area contributed by atoms with Crippen LogP contribution in [-0.4, -0.2) is 128 Å². The van der Waals surface area contributed by atoms with Gasteiger partial charge < -0.3 is 45.4 Å². The number of ether oxygens (including phenoxy) is 2. The van der Waals surface area contributed by atoms with Gasteiger partial charge in [-0.25, -0.2) is 0 Å². The summed E-state index contributed by atoms with van der Waals surface area (Å²) in [6, 6.07) is 24.6. The lowest BCUT2D eigenvalue weighted by Gasteiger charge is -2.35. The molecule has 2 heterocycles. The molecule has 2 saturated heterocycles. The normalized spacial score (nSPS) is 21.8. The fourth-order valence-corrected chi connectivity index (χ4v) is 8.83. The standard InChI is InChI=1S/C52H63Cl2N7O8/c1-33-30-56-47(62)29-43(25-36-14-17-40(53)18-15-36)60(4)52(67)45(32-68-5)58-49(64)34(2)61(48(63)27-39(51(66)59(33)3)24-35-10-7-6-8-11-35)31-38-16-19-41(54)28-46(38)69-44-13-9-12-37(26-44)50(65)57-42-20-22-55-23-21-42/h6-19,26,28,33-34,39,42-43,45,55H,20-25,27,29-32H2,1-5H3,(H,56,62)(H,57,65)(H,58,64)/t33-,34-,39+,43-,45-/m0/s1. The Morgan fingerprint density at radius 1 is 0.783 bits per heavy atom. The summed E-state index contributed by atoms with van der Waals surface area (Å²) in [5, 5.41) is 13.1. The van der Waals surface area contributed by atoms with Gasteiger partial charge >= 0.3 is 0 Å². The van der Waals surface area contributed by atoms with E-state index in [0.717, 1.165) is 37.1 Å². The molecule has 2 fully saturated rings. The fraction of sp³-hybridized carbons (Fsp3) is 0.423. The predicted molar refractivity (Wildman–Crippen MR) is 265 cm³/mol. The molecule has 0 aromatic heterocycles. The Labute approximate surface area is 414 Å². The number of hydrogen-bond donors (Lipinski definition) is 4. The molecule has 4 aromatic rings. The summed E-state index contributed by atoms with van der Waals surface area (Å²) in [5.41, 5.74) is 2.53. The molecular weight excluding hydrogens is 922 g/mol. The van der Waals surface area contributed by atoms with Gasteiger partial charge in [-0.05, 0) is 106 Å². The summed E-state index contributed by atoms with van der Waals surface area (Å²) in [4.78, 5) is 89.9. The smallest absolute Gasteiger partial charge is 0.251 e. The van der Waals surface area contributed by atoms with Crippen LogP contribution < -0.4 is 26.0 Å². The third kappa shape index (κ3) is 14.8. The van der Waals surface area contributed by atoms with Crippen LogP contribution in [0, 0.1) is 5.92 Å². The molecule has 6 amide bonds. The maximum Gasteiger partial charge on any atom is 0.251 e. The van der Waals surface area contributed by atoms with Crippen molar-refractivity contribution < 1.29 is 38.2 Å². The van der Waals surface area contributed by atoms with E-state index in [4.69, 9.17) is 32.7 Å². The maximum absolute atomic E-state index is 15.0. The maximum atomic E-state index is 15.0. The summed E-state index contributed by atoms with van der Waals surface area (Å²) in [6.45, 7) is 4.73. The first-order valence-electron chi connectivity index (χ1n) is 23.3. The first kappa shape index (κ1) is 52.4. The Morgan fingerprint density at radius 3 is 2.19 bits per heavy atom. The van der Waals surface area contributed by atoms with Gasteiger partial charge in [-0.3, -0.25) is 28.8 Å². The number of piperidine rings is 1. The lowest BCUT2D eigenvalue weighted by atomic mass is 9.93. The topological polar surface area (TPSA) is 179 Å². The highest BCUT2D eigenvalue weighted by molar-refractivity contribution is 6.31. The minimum absolute atomic E-state index is 0.0475. The lowest BCUT2D eigenvalue weighted by Crippen LogP contribution is -2.57. The molecule has 4 N–H and O–H groups in total. The van der Waals surface area contributed by atoms with E-state index in [0.29, 0.717) is 26.9 Å². The number of hydrogen-bond acceptors (Lipinski definition) is 9. The average molecular weight is 985 g/mol. The van der Waals surface area contributed by atoms with Gasteiger partial charge in [-0.1, -0.05) is 77.8 Å². The molecule has 0 bridgehead atoms. The minimum atomic E-state index is -1.21. The van der Waals surface area contributed by atoms with Crippen molar-refractivity contribution in [3.8, 4) is 11.5 Å². The van der Waals surface area contributed by atoms with Crippen LogP contribution >= 0.6 is 23.2 Å². The number of amides is 6. The van der Waals surface area contributed by atoms with E-state index < -0.39 is 47.8 Å². The van der Waals surface area contributed by atoms with Crippen molar-refractivity contribution in [3.05, 3.63) is 129 Å². The second-order valence-electron chi connectivity index (χ2n) is 17.9. The van der Waals surface area contributed by atoms with E-state index in [1.807, 2.05) is 49.4 Å². The molecule has 2 aliphatic heterocycles. The summed E-state index contributed by atoms with van der Waals surface area (Å²) in [5.74, 6) is -2.85. The zero-order valence-electron chi connectivity index (χ0n) is 39.8. The Balaban J connectivity index is 1.36. The van der Waals surface area contributed by atoms with Gasteiger partial charge in [0.1, 0.15) is 23.6 Å². The van der Waals surface area contributed by atoms with Crippen LogP contribution in [0.15, 0.2) is 97.1 Å². The zero-order chi connectivity index (χ0) is 49.6. The molecule has 6 rings (SSSR count). The largest absolute Gasteiger partial charge is 0.457 e. The molecule has 0 radical (unpaired) electrons. The second kappa shape index (κ2) is 25.0. The number of likely N-dealkylation sites (N-methyl/N-ethyl adjacent to an activating group) is 2. The monoisotopic (exact) mass is 983 g/mol.